The van der Waals surface area contributed by atoms with Crippen LogP contribution in [0.1, 0.15) is 16.8 Å². The summed E-state index contributed by atoms with van der Waals surface area (Å²) in [6, 6.07) is 1.66. The molecule has 2 heterocycles. The number of likely N-dealkylation sites (tertiary alicyclic amines) is 1. The molecule has 0 saturated carbocycles. The summed E-state index contributed by atoms with van der Waals surface area (Å²) in [5.74, 6) is -3.03. The molecule has 1 amide bonds. The van der Waals surface area contributed by atoms with Gasteiger partial charge in [-0.3, -0.25) is 4.79 Å². The van der Waals surface area contributed by atoms with Crippen LogP contribution in [0.2, 0.25) is 0 Å². The van der Waals surface area contributed by atoms with Crippen LogP contribution in [0.5, 0.6) is 0 Å². The molecule has 2 rings (SSSR count). The minimum absolute atomic E-state index is 0.138. The highest BCUT2D eigenvalue weighted by atomic mass is 79.9. The first kappa shape index (κ1) is 11.0. The van der Waals surface area contributed by atoms with E-state index in [1.165, 1.54) is 16.2 Å². The maximum atomic E-state index is 12.9. The van der Waals surface area contributed by atoms with Gasteiger partial charge in [0.25, 0.3) is 11.8 Å². The van der Waals surface area contributed by atoms with Crippen LogP contribution in [0.4, 0.5) is 8.78 Å². The van der Waals surface area contributed by atoms with Gasteiger partial charge >= 0.3 is 0 Å². The monoisotopic (exact) mass is 295 g/mol. The molecule has 0 radical (unpaired) electrons. The van der Waals surface area contributed by atoms with Crippen LogP contribution in [0.3, 0.4) is 0 Å². The van der Waals surface area contributed by atoms with Gasteiger partial charge in [0.05, 0.1) is 15.9 Å². The number of carbonyl (C=O) groups excluding carboxylic acids is 1. The Morgan fingerprint density at radius 2 is 2.33 bits per heavy atom. The molecule has 1 aromatic rings. The van der Waals surface area contributed by atoms with Gasteiger partial charge in [-0.1, -0.05) is 0 Å². The summed E-state index contributed by atoms with van der Waals surface area (Å²) in [7, 11) is 0. The second-order valence-corrected chi connectivity index (χ2v) is 5.76. The molecule has 1 aromatic heterocycles. The van der Waals surface area contributed by atoms with E-state index in [0.29, 0.717) is 5.56 Å². The van der Waals surface area contributed by atoms with Crippen LogP contribution in [-0.4, -0.2) is 29.8 Å². The molecule has 0 aliphatic carbocycles. The van der Waals surface area contributed by atoms with Gasteiger partial charge < -0.3 is 4.90 Å². The van der Waals surface area contributed by atoms with Crippen molar-refractivity contribution >= 4 is 33.2 Å². The molecule has 2 nitrogen and oxygen atoms in total. The standard InChI is InChI=1S/C9H8BrF2NOS/c10-7-3-6(4-15-7)8(14)13-2-1-9(11,12)5-13/h3-4H,1-2,5H2. The fourth-order valence-electron chi connectivity index (χ4n) is 1.51. The number of alkyl halides is 2. The van der Waals surface area contributed by atoms with E-state index in [1.54, 1.807) is 11.4 Å². The Morgan fingerprint density at radius 1 is 1.60 bits per heavy atom. The van der Waals surface area contributed by atoms with Gasteiger partial charge in [0.1, 0.15) is 0 Å². The molecule has 1 aliphatic rings. The Morgan fingerprint density at radius 3 is 2.80 bits per heavy atom. The third kappa shape index (κ3) is 2.36. The van der Waals surface area contributed by atoms with Crippen molar-refractivity contribution in [1.82, 2.24) is 4.90 Å². The number of carbonyl (C=O) groups is 1. The van der Waals surface area contributed by atoms with E-state index in [-0.39, 0.29) is 18.9 Å². The van der Waals surface area contributed by atoms with Crippen molar-refractivity contribution in [2.75, 3.05) is 13.1 Å². The van der Waals surface area contributed by atoms with Gasteiger partial charge in [0, 0.05) is 18.3 Å². The summed E-state index contributed by atoms with van der Waals surface area (Å²) in [5.41, 5.74) is 0.476. The predicted octanol–water partition coefficient (Wildman–Crippen LogP) is 2.99. The van der Waals surface area contributed by atoms with Crippen molar-refractivity contribution in [3.63, 3.8) is 0 Å². The molecule has 82 valence electrons. The zero-order valence-corrected chi connectivity index (χ0v) is 10.1. The molecule has 0 aromatic carbocycles. The van der Waals surface area contributed by atoms with E-state index in [0.717, 1.165) is 3.79 Å². The molecule has 6 heteroatoms. The number of hydrogen-bond acceptors (Lipinski definition) is 2. The van der Waals surface area contributed by atoms with E-state index in [4.69, 9.17) is 0 Å². The lowest BCUT2D eigenvalue weighted by Crippen LogP contribution is -2.31. The van der Waals surface area contributed by atoms with Crippen LogP contribution >= 0.6 is 27.3 Å². The number of nitrogens with zero attached hydrogens (tertiary/aromatic N) is 1. The van der Waals surface area contributed by atoms with Gasteiger partial charge in [-0.2, -0.15) is 0 Å². The minimum atomic E-state index is -2.72. The maximum Gasteiger partial charge on any atom is 0.267 e. The number of amides is 1. The molecule has 1 saturated heterocycles. The topological polar surface area (TPSA) is 20.3 Å². The lowest BCUT2D eigenvalue weighted by Gasteiger charge is -2.14. The SMILES string of the molecule is O=C(c1csc(Br)c1)N1CCC(F)(F)C1. The van der Waals surface area contributed by atoms with Crippen molar-refractivity contribution in [3.8, 4) is 0 Å². The van der Waals surface area contributed by atoms with Crippen molar-refractivity contribution in [2.45, 2.75) is 12.3 Å². The second-order valence-electron chi connectivity index (χ2n) is 3.47. The van der Waals surface area contributed by atoms with E-state index in [9.17, 15) is 13.6 Å². The van der Waals surface area contributed by atoms with Gasteiger partial charge in [0.15, 0.2) is 0 Å². The first-order chi connectivity index (χ1) is 6.98. The quantitative estimate of drug-likeness (QED) is 0.780. The smallest absolute Gasteiger partial charge is 0.267 e. The highest BCUT2D eigenvalue weighted by Gasteiger charge is 2.40. The largest absolute Gasteiger partial charge is 0.332 e. The van der Waals surface area contributed by atoms with Gasteiger partial charge in [-0.05, 0) is 22.0 Å². The summed E-state index contributed by atoms with van der Waals surface area (Å²) < 4.78 is 26.6. The number of hydrogen-bond donors (Lipinski definition) is 0. The first-order valence-electron chi connectivity index (χ1n) is 4.39. The Labute approximate surface area is 98.0 Å². The fraction of sp³-hybridized carbons (Fsp3) is 0.444. The zero-order chi connectivity index (χ0) is 11.1. The highest BCUT2D eigenvalue weighted by molar-refractivity contribution is 9.11. The van der Waals surface area contributed by atoms with E-state index >= 15 is 0 Å². The summed E-state index contributed by atoms with van der Waals surface area (Å²) in [6.07, 6.45) is -0.232. The number of halogens is 3. The summed E-state index contributed by atoms with van der Waals surface area (Å²) in [4.78, 5) is 12.9. The maximum absolute atomic E-state index is 12.9. The van der Waals surface area contributed by atoms with Crippen molar-refractivity contribution in [1.29, 1.82) is 0 Å². The third-order valence-corrected chi connectivity index (χ3v) is 3.78. The predicted molar refractivity (Wildman–Crippen MR) is 57.5 cm³/mol. The first-order valence-corrected chi connectivity index (χ1v) is 6.06. The number of rotatable bonds is 1. The Bertz CT molecular complexity index is 393. The lowest BCUT2D eigenvalue weighted by molar-refractivity contribution is 0.0120. The number of thiophene rings is 1. The molecule has 0 bridgehead atoms. The van der Waals surface area contributed by atoms with Crippen molar-refractivity contribution < 1.29 is 13.6 Å². The molecule has 0 N–H and O–H groups in total. The Kier molecular flexibility index (Phi) is 2.81. The molecule has 15 heavy (non-hydrogen) atoms. The van der Waals surface area contributed by atoms with E-state index < -0.39 is 12.5 Å². The van der Waals surface area contributed by atoms with E-state index in [2.05, 4.69) is 15.9 Å². The third-order valence-electron chi connectivity index (χ3n) is 2.27. The Balaban J connectivity index is 2.10. The van der Waals surface area contributed by atoms with Gasteiger partial charge in [-0.15, -0.1) is 11.3 Å². The fourth-order valence-corrected chi connectivity index (χ4v) is 2.64. The minimum Gasteiger partial charge on any atom is -0.332 e. The van der Waals surface area contributed by atoms with Gasteiger partial charge in [0.2, 0.25) is 0 Å². The summed E-state index contributed by atoms with van der Waals surface area (Å²) >= 11 is 4.60. The molecule has 0 atom stereocenters. The van der Waals surface area contributed by atoms with Crippen molar-refractivity contribution in [3.05, 3.63) is 20.8 Å². The Hall–Kier alpha value is -0.490. The molecule has 1 aliphatic heterocycles. The summed E-state index contributed by atoms with van der Waals surface area (Å²) in [5, 5.41) is 1.67. The second kappa shape index (κ2) is 3.83. The molecular weight excluding hydrogens is 288 g/mol. The molecule has 0 unspecified atom stereocenters. The molecule has 1 fully saturated rings. The highest BCUT2D eigenvalue weighted by Crippen LogP contribution is 2.29. The average Bonchev–Trinajstić information content (AvgIpc) is 2.71. The lowest BCUT2D eigenvalue weighted by atomic mass is 10.3. The normalized spacial score (nSPS) is 19.5. The van der Waals surface area contributed by atoms with Crippen LogP contribution in [0.25, 0.3) is 0 Å². The van der Waals surface area contributed by atoms with E-state index in [1.807, 2.05) is 0 Å². The van der Waals surface area contributed by atoms with Crippen LogP contribution in [-0.2, 0) is 0 Å². The summed E-state index contributed by atoms with van der Waals surface area (Å²) in [6.45, 7) is -0.321. The molecular formula is C9H8BrF2NOS. The van der Waals surface area contributed by atoms with Crippen LogP contribution in [0, 0.1) is 0 Å². The zero-order valence-electron chi connectivity index (χ0n) is 7.67. The van der Waals surface area contributed by atoms with Crippen LogP contribution in [0.15, 0.2) is 15.2 Å². The van der Waals surface area contributed by atoms with Crippen LogP contribution < -0.4 is 0 Å². The molecule has 0 spiro atoms. The average molecular weight is 296 g/mol. The van der Waals surface area contributed by atoms with Crippen molar-refractivity contribution in [2.24, 2.45) is 0 Å². The van der Waals surface area contributed by atoms with Gasteiger partial charge in [-0.25, -0.2) is 8.78 Å².